The number of carbonyl (C=O) groups is 2. The van der Waals surface area contributed by atoms with Gasteiger partial charge in [0.05, 0.1) is 18.2 Å². The molecule has 2 N–H and O–H groups in total. The van der Waals surface area contributed by atoms with E-state index in [-0.39, 0.29) is 23.3 Å². The Balaban J connectivity index is 1.69. The molecular weight excluding hydrogens is 526 g/mol. The van der Waals surface area contributed by atoms with Crippen LogP contribution in [0.25, 0.3) is 11.5 Å². The van der Waals surface area contributed by atoms with Crippen LogP contribution in [0.3, 0.4) is 0 Å². The van der Waals surface area contributed by atoms with Crippen LogP contribution in [0.4, 0.5) is 29.3 Å². The normalized spacial score (nSPS) is 11.4. The molecule has 0 aliphatic carbocycles. The zero-order chi connectivity index (χ0) is 28.6. The number of methoxy groups -OCH3 is 1. The maximum atomic E-state index is 14.6. The van der Waals surface area contributed by atoms with Crippen LogP contribution in [0, 0.1) is 5.82 Å². The van der Waals surface area contributed by atoms with Gasteiger partial charge < -0.3 is 29.4 Å². The second kappa shape index (κ2) is 13.0. The van der Waals surface area contributed by atoms with Crippen LogP contribution in [0.2, 0.25) is 0 Å². The third-order valence-electron chi connectivity index (χ3n) is 5.58. The molecule has 0 saturated carbocycles. The molecule has 210 valence electrons. The Morgan fingerprint density at radius 1 is 1.08 bits per heavy atom. The Hall–Kier alpha value is -4.20. The van der Waals surface area contributed by atoms with Gasteiger partial charge in [-0.3, -0.25) is 4.79 Å². The summed E-state index contributed by atoms with van der Waals surface area (Å²) in [4.78, 5) is 26.0. The second-order valence-corrected chi connectivity index (χ2v) is 8.09. The van der Waals surface area contributed by atoms with Crippen molar-refractivity contribution in [1.82, 2.24) is 15.1 Å². The van der Waals surface area contributed by atoms with Crippen LogP contribution in [-0.2, 0) is 4.79 Å². The minimum Gasteiger partial charge on any atom is -0.496 e. The van der Waals surface area contributed by atoms with Crippen molar-refractivity contribution in [3.05, 3.63) is 47.8 Å². The molecule has 0 spiro atoms. The van der Waals surface area contributed by atoms with Gasteiger partial charge in [0.1, 0.15) is 5.75 Å². The summed E-state index contributed by atoms with van der Waals surface area (Å²) >= 11 is 0. The Bertz CT molecular complexity index is 1290. The highest BCUT2D eigenvalue weighted by Crippen LogP contribution is 2.33. The van der Waals surface area contributed by atoms with Gasteiger partial charge in [0.25, 0.3) is 11.8 Å². The fourth-order valence-corrected chi connectivity index (χ4v) is 3.51. The third-order valence-corrected chi connectivity index (χ3v) is 5.58. The van der Waals surface area contributed by atoms with Gasteiger partial charge in [0, 0.05) is 18.3 Å². The third kappa shape index (κ3) is 7.66. The number of benzene rings is 2. The minimum absolute atomic E-state index is 0.154. The topological polar surface area (TPSA) is 119 Å². The van der Waals surface area contributed by atoms with Crippen molar-refractivity contribution >= 4 is 23.6 Å². The summed E-state index contributed by atoms with van der Waals surface area (Å²) in [5.41, 5.74) is -0.0440. The Morgan fingerprint density at radius 3 is 2.49 bits per heavy atom. The largest absolute Gasteiger partial charge is 0.496 e. The molecule has 1 aromatic heterocycles. The SMILES string of the molecule is CCN(CC)CCCNc1nnc(-c2ccc(NC(=O)c3cccc(OC(=O)C(F)(F)F)c3F)cc2OC)o1. The minimum atomic E-state index is -5.33. The maximum Gasteiger partial charge on any atom is 0.491 e. The molecule has 0 aliphatic heterocycles. The van der Waals surface area contributed by atoms with Crippen LogP contribution in [-0.4, -0.2) is 66.4 Å². The zero-order valence-corrected chi connectivity index (χ0v) is 21.4. The first-order valence-electron chi connectivity index (χ1n) is 11.9. The summed E-state index contributed by atoms with van der Waals surface area (Å²) in [6, 6.07) is 7.53. The molecule has 3 aromatic rings. The van der Waals surface area contributed by atoms with Gasteiger partial charge in [-0.2, -0.15) is 13.2 Å². The summed E-state index contributed by atoms with van der Waals surface area (Å²) in [5.74, 6) is -5.68. The summed E-state index contributed by atoms with van der Waals surface area (Å²) in [7, 11) is 1.38. The molecule has 0 radical (unpaired) electrons. The van der Waals surface area contributed by atoms with Gasteiger partial charge in [0.2, 0.25) is 0 Å². The van der Waals surface area contributed by atoms with E-state index < -0.39 is 35.2 Å². The lowest BCUT2D eigenvalue weighted by molar-refractivity contribution is -0.189. The van der Waals surface area contributed by atoms with Crippen LogP contribution in [0.5, 0.6) is 11.5 Å². The van der Waals surface area contributed by atoms with E-state index in [9.17, 15) is 27.2 Å². The summed E-state index contributed by atoms with van der Waals surface area (Å²) in [5, 5.41) is 13.5. The van der Waals surface area contributed by atoms with Crippen molar-refractivity contribution in [3.63, 3.8) is 0 Å². The number of halogens is 4. The predicted octanol–water partition coefficient (Wildman–Crippen LogP) is 4.75. The highest BCUT2D eigenvalue weighted by Gasteiger charge is 2.42. The molecule has 0 atom stereocenters. The van der Waals surface area contributed by atoms with Gasteiger partial charge in [-0.1, -0.05) is 25.0 Å². The molecule has 0 unspecified atom stereocenters. The number of aromatic nitrogens is 2. The van der Waals surface area contributed by atoms with Crippen LogP contribution in [0.15, 0.2) is 40.8 Å². The Kier molecular flexibility index (Phi) is 9.82. The summed E-state index contributed by atoms with van der Waals surface area (Å²) < 4.78 is 67.0. The lowest BCUT2D eigenvalue weighted by Gasteiger charge is -2.17. The van der Waals surface area contributed by atoms with E-state index in [1.807, 2.05) is 0 Å². The van der Waals surface area contributed by atoms with E-state index >= 15 is 0 Å². The van der Waals surface area contributed by atoms with E-state index in [2.05, 4.69) is 44.3 Å². The molecule has 0 saturated heterocycles. The van der Waals surface area contributed by atoms with Gasteiger partial charge in [-0.15, -0.1) is 5.10 Å². The summed E-state index contributed by atoms with van der Waals surface area (Å²) in [6.07, 6.45) is -4.45. The van der Waals surface area contributed by atoms with Crippen LogP contribution < -0.4 is 20.1 Å². The lowest BCUT2D eigenvalue weighted by Crippen LogP contribution is -2.28. The Morgan fingerprint density at radius 2 is 1.82 bits per heavy atom. The molecule has 0 bridgehead atoms. The van der Waals surface area contributed by atoms with E-state index in [4.69, 9.17) is 9.15 Å². The molecule has 2 aromatic carbocycles. The number of rotatable bonds is 12. The van der Waals surface area contributed by atoms with Gasteiger partial charge in [-0.25, -0.2) is 9.18 Å². The fourth-order valence-electron chi connectivity index (χ4n) is 3.51. The molecule has 10 nitrogen and oxygen atoms in total. The number of alkyl halides is 3. The van der Waals surface area contributed by atoms with Crippen molar-refractivity contribution in [3.8, 4) is 23.0 Å². The lowest BCUT2D eigenvalue weighted by atomic mass is 10.1. The Labute approximate surface area is 221 Å². The first-order chi connectivity index (χ1) is 18.6. The molecule has 1 heterocycles. The van der Waals surface area contributed by atoms with E-state index in [1.165, 1.54) is 25.3 Å². The van der Waals surface area contributed by atoms with Crippen molar-refractivity contribution in [2.24, 2.45) is 0 Å². The van der Waals surface area contributed by atoms with Crippen molar-refractivity contribution in [1.29, 1.82) is 0 Å². The number of hydrogen-bond acceptors (Lipinski definition) is 9. The van der Waals surface area contributed by atoms with Crippen LogP contribution >= 0.6 is 0 Å². The number of hydrogen-bond donors (Lipinski definition) is 2. The van der Waals surface area contributed by atoms with Crippen molar-refractivity contribution in [2.75, 3.05) is 43.9 Å². The van der Waals surface area contributed by atoms with E-state index in [0.717, 1.165) is 44.3 Å². The second-order valence-electron chi connectivity index (χ2n) is 8.09. The van der Waals surface area contributed by atoms with Gasteiger partial charge in [-0.05, 0) is 50.3 Å². The maximum absolute atomic E-state index is 14.6. The molecule has 1 amide bonds. The highest BCUT2D eigenvalue weighted by atomic mass is 19.4. The van der Waals surface area contributed by atoms with Gasteiger partial charge in [0.15, 0.2) is 11.6 Å². The number of amides is 1. The fraction of sp³-hybridized carbons (Fsp3) is 0.360. The number of anilines is 2. The summed E-state index contributed by atoms with van der Waals surface area (Å²) in [6.45, 7) is 7.69. The number of nitrogens with zero attached hydrogens (tertiary/aromatic N) is 3. The molecule has 3 rings (SSSR count). The van der Waals surface area contributed by atoms with Crippen molar-refractivity contribution < 1.29 is 41.0 Å². The zero-order valence-electron chi connectivity index (χ0n) is 21.4. The molecular formula is C25H27F4N5O5. The number of ether oxygens (including phenoxy) is 2. The van der Waals surface area contributed by atoms with Gasteiger partial charge >= 0.3 is 18.2 Å². The van der Waals surface area contributed by atoms with E-state index in [1.54, 1.807) is 0 Å². The smallest absolute Gasteiger partial charge is 0.491 e. The number of esters is 1. The average molecular weight is 554 g/mol. The first-order valence-corrected chi connectivity index (χ1v) is 11.9. The molecule has 0 aliphatic rings. The average Bonchev–Trinajstić information content (AvgIpc) is 3.38. The quantitative estimate of drug-likeness (QED) is 0.142. The van der Waals surface area contributed by atoms with Crippen molar-refractivity contribution in [2.45, 2.75) is 26.4 Å². The molecule has 39 heavy (non-hydrogen) atoms. The number of nitrogens with one attached hydrogen (secondary N) is 2. The monoisotopic (exact) mass is 553 g/mol. The highest BCUT2D eigenvalue weighted by molar-refractivity contribution is 6.05. The number of carbonyl (C=O) groups excluding carboxylic acids is 2. The molecule has 14 heteroatoms. The first kappa shape index (κ1) is 29.4. The standard InChI is InChI=1S/C25H27F4N5O5/c1-4-34(5-2)13-7-12-30-24-33-32-22(39-24)16-11-10-15(14-19(16)37-3)31-21(35)17-8-6-9-18(20(17)26)38-23(36)25(27,28)29/h6,8-11,14H,4-5,7,12-13H2,1-3H3,(H,30,33)(H,31,35). The van der Waals surface area contributed by atoms with E-state index in [0.29, 0.717) is 12.1 Å². The predicted molar refractivity (Wildman–Crippen MR) is 133 cm³/mol. The molecule has 0 fully saturated rings. The van der Waals surface area contributed by atoms with Crippen LogP contribution in [0.1, 0.15) is 30.6 Å².